The molecule has 2 N–H and O–H groups in total. The van der Waals surface area contributed by atoms with Crippen LogP contribution in [0, 0.1) is 5.92 Å². The highest BCUT2D eigenvalue weighted by Gasteiger charge is 2.27. The topological polar surface area (TPSA) is 100 Å². The molecule has 0 unspecified atom stereocenters. The van der Waals surface area contributed by atoms with Gasteiger partial charge in [0.2, 0.25) is 17.6 Å². The highest BCUT2D eigenvalue weighted by Crippen LogP contribution is 2.29. The zero-order chi connectivity index (χ0) is 25.9. The maximum atomic E-state index is 13.0. The van der Waals surface area contributed by atoms with Gasteiger partial charge in [-0.15, -0.1) is 0 Å². The molecule has 3 aromatic rings. The standard InChI is InChI=1S/C26H29Cl2N5O3/c1-26(2,3)31-25(35)19-6-4-5-7-21(19)29-24(34)16-10-12-33(13-11-16)15-22-30-23(32-36-22)18-9-8-17(27)14-20(18)28/h4-9,14,16H,10-13,15H2,1-3H3,(H,29,34)(H,31,35). The molecular weight excluding hydrogens is 501 g/mol. The quantitative estimate of drug-likeness (QED) is 0.442. The van der Waals surface area contributed by atoms with Crippen molar-refractivity contribution >= 4 is 40.7 Å². The average Bonchev–Trinajstić information content (AvgIpc) is 3.26. The lowest BCUT2D eigenvalue weighted by atomic mass is 9.95. The van der Waals surface area contributed by atoms with Gasteiger partial charge in [0.05, 0.1) is 22.8 Å². The zero-order valence-electron chi connectivity index (χ0n) is 20.5. The number of carbonyl (C=O) groups excluding carboxylic acids is 2. The summed E-state index contributed by atoms with van der Waals surface area (Å²) in [5.74, 6) is 0.453. The average molecular weight is 530 g/mol. The summed E-state index contributed by atoms with van der Waals surface area (Å²) in [6, 6.07) is 12.2. The van der Waals surface area contributed by atoms with E-state index in [0.29, 0.717) is 71.1 Å². The maximum Gasteiger partial charge on any atom is 0.253 e. The van der Waals surface area contributed by atoms with Crippen molar-refractivity contribution in [3.8, 4) is 11.4 Å². The van der Waals surface area contributed by atoms with Crippen LogP contribution in [0.25, 0.3) is 11.4 Å². The summed E-state index contributed by atoms with van der Waals surface area (Å²) in [7, 11) is 0. The second-order valence-electron chi connectivity index (χ2n) is 9.93. The molecule has 0 atom stereocenters. The first-order chi connectivity index (χ1) is 17.1. The molecule has 0 saturated carbocycles. The summed E-state index contributed by atoms with van der Waals surface area (Å²) in [5, 5.41) is 10.9. The minimum atomic E-state index is -0.374. The highest BCUT2D eigenvalue weighted by atomic mass is 35.5. The van der Waals surface area contributed by atoms with Crippen molar-refractivity contribution in [1.29, 1.82) is 0 Å². The normalized spacial score (nSPS) is 15.0. The molecule has 2 aromatic carbocycles. The van der Waals surface area contributed by atoms with Crippen LogP contribution >= 0.6 is 23.2 Å². The van der Waals surface area contributed by atoms with Crippen molar-refractivity contribution in [3.63, 3.8) is 0 Å². The van der Waals surface area contributed by atoms with E-state index in [1.54, 1.807) is 36.4 Å². The van der Waals surface area contributed by atoms with Crippen LogP contribution in [-0.4, -0.2) is 45.5 Å². The first-order valence-corrected chi connectivity index (χ1v) is 12.6. The molecule has 10 heteroatoms. The third-order valence-corrected chi connectivity index (χ3v) is 6.42. The van der Waals surface area contributed by atoms with Crippen LogP contribution in [0.3, 0.4) is 0 Å². The first kappa shape index (κ1) is 26.1. The lowest BCUT2D eigenvalue weighted by molar-refractivity contribution is -0.121. The van der Waals surface area contributed by atoms with E-state index < -0.39 is 0 Å². The minimum Gasteiger partial charge on any atom is -0.347 e. The van der Waals surface area contributed by atoms with Crippen molar-refractivity contribution < 1.29 is 14.1 Å². The van der Waals surface area contributed by atoms with Gasteiger partial charge in [0, 0.05) is 22.0 Å². The van der Waals surface area contributed by atoms with Gasteiger partial charge in [0.25, 0.3) is 5.91 Å². The Hall–Kier alpha value is -2.94. The highest BCUT2D eigenvalue weighted by molar-refractivity contribution is 6.36. The van der Waals surface area contributed by atoms with Crippen LogP contribution in [0.1, 0.15) is 49.9 Å². The number of aromatic nitrogens is 2. The fourth-order valence-electron chi connectivity index (χ4n) is 4.08. The van der Waals surface area contributed by atoms with Gasteiger partial charge < -0.3 is 15.2 Å². The molecule has 8 nitrogen and oxygen atoms in total. The van der Waals surface area contributed by atoms with Gasteiger partial charge in [-0.1, -0.05) is 40.5 Å². The number of benzene rings is 2. The number of rotatable bonds is 6. The number of carbonyl (C=O) groups is 2. The lowest BCUT2D eigenvalue weighted by Crippen LogP contribution is -2.41. The van der Waals surface area contributed by atoms with E-state index in [1.807, 2.05) is 26.8 Å². The molecule has 4 rings (SSSR count). The van der Waals surface area contributed by atoms with E-state index in [9.17, 15) is 9.59 Å². The van der Waals surface area contributed by atoms with E-state index in [0.717, 1.165) is 0 Å². The molecule has 0 bridgehead atoms. The van der Waals surface area contributed by atoms with E-state index >= 15 is 0 Å². The number of anilines is 1. The molecule has 1 aliphatic heterocycles. The number of nitrogens with one attached hydrogen (secondary N) is 2. The number of amides is 2. The molecule has 1 fully saturated rings. The maximum absolute atomic E-state index is 13.0. The van der Waals surface area contributed by atoms with Crippen LogP contribution in [0.2, 0.25) is 10.0 Å². The molecule has 0 aliphatic carbocycles. The minimum absolute atomic E-state index is 0.0804. The number of nitrogens with zero attached hydrogens (tertiary/aromatic N) is 3. The van der Waals surface area contributed by atoms with E-state index in [-0.39, 0.29) is 23.3 Å². The molecule has 0 spiro atoms. The SMILES string of the molecule is CC(C)(C)NC(=O)c1ccccc1NC(=O)C1CCN(Cc2nc(-c3ccc(Cl)cc3Cl)no2)CC1. The Labute approximate surface area is 220 Å². The Bertz CT molecular complexity index is 1250. The summed E-state index contributed by atoms with van der Waals surface area (Å²) >= 11 is 12.2. The molecule has 1 aliphatic rings. The number of hydrogen-bond donors (Lipinski definition) is 2. The van der Waals surface area contributed by atoms with Crippen LogP contribution in [0.4, 0.5) is 5.69 Å². The molecule has 36 heavy (non-hydrogen) atoms. The van der Waals surface area contributed by atoms with Gasteiger partial charge in [0.1, 0.15) is 0 Å². The lowest BCUT2D eigenvalue weighted by Gasteiger charge is -2.30. The van der Waals surface area contributed by atoms with Crippen LogP contribution < -0.4 is 10.6 Å². The molecule has 2 heterocycles. The zero-order valence-corrected chi connectivity index (χ0v) is 22.0. The predicted octanol–water partition coefficient (Wildman–Crippen LogP) is 5.42. The van der Waals surface area contributed by atoms with Crippen LogP contribution in [-0.2, 0) is 11.3 Å². The van der Waals surface area contributed by atoms with Crippen molar-refractivity contribution in [2.45, 2.75) is 45.7 Å². The molecular formula is C26H29Cl2N5O3. The van der Waals surface area contributed by atoms with Gasteiger partial charge in [-0.25, -0.2) is 0 Å². The predicted molar refractivity (Wildman–Crippen MR) is 140 cm³/mol. The summed E-state index contributed by atoms with van der Waals surface area (Å²) in [4.78, 5) is 32.3. The van der Waals surface area contributed by atoms with Gasteiger partial charge in [-0.2, -0.15) is 4.98 Å². The molecule has 1 saturated heterocycles. The Morgan fingerprint density at radius 3 is 2.53 bits per heavy atom. The number of para-hydroxylation sites is 1. The van der Waals surface area contributed by atoms with Crippen LogP contribution in [0.5, 0.6) is 0 Å². The van der Waals surface area contributed by atoms with Gasteiger partial charge >= 0.3 is 0 Å². The Balaban J connectivity index is 1.32. The molecule has 1 aromatic heterocycles. The smallest absolute Gasteiger partial charge is 0.253 e. The Morgan fingerprint density at radius 2 is 1.83 bits per heavy atom. The Kier molecular flexibility index (Phi) is 7.97. The third kappa shape index (κ3) is 6.63. The fraction of sp³-hybridized carbons (Fsp3) is 0.385. The van der Waals surface area contributed by atoms with Gasteiger partial charge in [-0.3, -0.25) is 14.5 Å². The number of halogens is 2. The summed E-state index contributed by atoms with van der Waals surface area (Å²) in [6.45, 7) is 7.67. The Morgan fingerprint density at radius 1 is 1.11 bits per heavy atom. The monoisotopic (exact) mass is 529 g/mol. The summed E-state index contributed by atoms with van der Waals surface area (Å²) < 4.78 is 5.42. The van der Waals surface area contributed by atoms with Crippen molar-refractivity contribution in [2.24, 2.45) is 5.92 Å². The second-order valence-corrected chi connectivity index (χ2v) is 10.8. The molecule has 190 valence electrons. The van der Waals surface area contributed by atoms with Gasteiger partial charge in [-0.05, 0) is 77.0 Å². The van der Waals surface area contributed by atoms with Crippen LogP contribution in [0.15, 0.2) is 47.0 Å². The largest absolute Gasteiger partial charge is 0.347 e. The summed E-state index contributed by atoms with van der Waals surface area (Å²) in [5.41, 5.74) is 1.25. The molecule has 2 amide bonds. The van der Waals surface area contributed by atoms with Crippen molar-refractivity contribution in [1.82, 2.24) is 20.4 Å². The van der Waals surface area contributed by atoms with Crippen molar-refractivity contribution in [3.05, 3.63) is 64.0 Å². The second kappa shape index (κ2) is 11.0. The fourth-order valence-corrected chi connectivity index (χ4v) is 4.57. The number of hydrogen-bond acceptors (Lipinski definition) is 6. The summed E-state index contributed by atoms with van der Waals surface area (Å²) in [6.07, 6.45) is 1.37. The first-order valence-electron chi connectivity index (χ1n) is 11.8. The number of likely N-dealkylation sites (tertiary alicyclic amines) is 1. The van der Waals surface area contributed by atoms with Gasteiger partial charge in [0.15, 0.2) is 0 Å². The number of piperidine rings is 1. The van der Waals surface area contributed by atoms with E-state index in [1.165, 1.54) is 0 Å². The van der Waals surface area contributed by atoms with Crippen molar-refractivity contribution in [2.75, 3.05) is 18.4 Å². The van der Waals surface area contributed by atoms with E-state index in [4.69, 9.17) is 27.7 Å². The van der Waals surface area contributed by atoms with E-state index in [2.05, 4.69) is 25.7 Å². The third-order valence-electron chi connectivity index (χ3n) is 5.88. The molecule has 0 radical (unpaired) electrons.